The molecule has 0 bridgehead atoms. The van der Waals surface area contributed by atoms with Gasteiger partial charge in [-0.25, -0.2) is 22.4 Å². The number of hydrogen-bond donors (Lipinski definition) is 2. The second kappa shape index (κ2) is 8.75. The summed E-state index contributed by atoms with van der Waals surface area (Å²) in [5, 5.41) is 12.3. The van der Waals surface area contributed by atoms with Gasteiger partial charge in [-0.2, -0.15) is 0 Å². The molecule has 0 unspecified atom stereocenters. The standard InChI is InChI=1S/C18H12ClF4NO4/c1-2-28-18(27)10(7-24-12-5-8(19)3-4-13(12)25)17(26)9-6-11(20)15(22)16(23)14(9)21/h3-7,24-25H,2H2,1H3/b10-7-. The van der Waals surface area contributed by atoms with Crippen LogP contribution < -0.4 is 5.32 Å². The minimum Gasteiger partial charge on any atom is -0.506 e. The summed E-state index contributed by atoms with van der Waals surface area (Å²) < 4.78 is 58.5. The number of phenolic OH excluding ortho intramolecular Hbond substituents is 1. The predicted octanol–water partition coefficient (Wildman–Crippen LogP) is 4.34. The van der Waals surface area contributed by atoms with Gasteiger partial charge in [-0.05, 0) is 31.2 Å². The zero-order valence-corrected chi connectivity index (χ0v) is 14.9. The summed E-state index contributed by atoms with van der Waals surface area (Å²) in [6.07, 6.45) is 0.740. The molecule has 0 radical (unpaired) electrons. The number of carbonyl (C=O) groups excluding carboxylic acids is 2. The molecule has 0 aliphatic heterocycles. The van der Waals surface area contributed by atoms with Gasteiger partial charge in [0.25, 0.3) is 0 Å². The molecule has 148 valence electrons. The molecule has 0 saturated heterocycles. The molecule has 28 heavy (non-hydrogen) atoms. The Balaban J connectivity index is 2.50. The van der Waals surface area contributed by atoms with E-state index in [1.165, 1.54) is 25.1 Å². The van der Waals surface area contributed by atoms with E-state index in [0.29, 0.717) is 0 Å². The Kier molecular flexibility index (Phi) is 6.63. The number of rotatable bonds is 6. The Labute approximate surface area is 161 Å². The van der Waals surface area contributed by atoms with Crippen LogP contribution in [0.2, 0.25) is 5.02 Å². The first kappa shape index (κ1) is 21.2. The van der Waals surface area contributed by atoms with Crippen LogP contribution in [0.15, 0.2) is 36.0 Å². The van der Waals surface area contributed by atoms with Crippen LogP contribution >= 0.6 is 11.6 Å². The highest BCUT2D eigenvalue weighted by Gasteiger charge is 2.28. The third-order valence-electron chi connectivity index (χ3n) is 3.42. The minimum absolute atomic E-state index is 0.0287. The van der Waals surface area contributed by atoms with Crippen LogP contribution in [0.25, 0.3) is 0 Å². The number of phenols is 1. The van der Waals surface area contributed by atoms with E-state index < -0.39 is 46.2 Å². The van der Waals surface area contributed by atoms with Gasteiger partial charge < -0.3 is 15.2 Å². The van der Waals surface area contributed by atoms with E-state index in [2.05, 4.69) is 10.1 Å². The Hall–Kier alpha value is -3.07. The zero-order valence-electron chi connectivity index (χ0n) is 14.2. The van der Waals surface area contributed by atoms with Gasteiger partial charge in [0.1, 0.15) is 11.3 Å². The van der Waals surface area contributed by atoms with Gasteiger partial charge in [-0.15, -0.1) is 0 Å². The van der Waals surface area contributed by atoms with Crippen LogP contribution in [0.5, 0.6) is 5.75 Å². The number of ketones is 1. The normalized spacial score (nSPS) is 11.3. The van der Waals surface area contributed by atoms with Crippen molar-refractivity contribution in [2.24, 2.45) is 0 Å². The van der Waals surface area contributed by atoms with E-state index in [9.17, 15) is 32.3 Å². The number of halogens is 5. The number of carbonyl (C=O) groups is 2. The molecule has 2 aromatic carbocycles. The second-order valence-electron chi connectivity index (χ2n) is 5.26. The molecule has 0 aliphatic rings. The quantitative estimate of drug-likeness (QED) is 0.0841. The van der Waals surface area contributed by atoms with Crippen LogP contribution in [0, 0.1) is 23.3 Å². The summed E-state index contributed by atoms with van der Waals surface area (Å²) >= 11 is 5.77. The number of aromatic hydroxyl groups is 1. The van der Waals surface area contributed by atoms with Crippen molar-refractivity contribution in [2.75, 3.05) is 11.9 Å². The molecule has 0 saturated carbocycles. The van der Waals surface area contributed by atoms with Crippen LogP contribution in [0.1, 0.15) is 17.3 Å². The minimum atomic E-state index is -2.20. The van der Waals surface area contributed by atoms with Crippen molar-refractivity contribution in [3.8, 4) is 5.75 Å². The van der Waals surface area contributed by atoms with Gasteiger partial charge >= 0.3 is 5.97 Å². The van der Waals surface area contributed by atoms with Gasteiger partial charge in [-0.1, -0.05) is 11.6 Å². The van der Waals surface area contributed by atoms with Crippen molar-refractivity contribution in [1.29, 1.82) is 0 Å². The number of nitrogens with one attached hydrogen (secondary N) is 1. The molecule has 0 aromatic heterocycles. The van der Waals surface area contributed by atoms with Crippen molar-refractivity contribution in [2.45, 2.75) is 6.92 Å². The maximum Gasteiger partial charge on any atom is 0.343 e. The van der Waals surface area contributed by atoms with Gasteiger partial charge in [0, 0.05) is 11.2 Å². The first-order valence-electron chi connectivity index (χ1n) is 7.67. The van der Waals surface area contributed by atoms with E-state index >= 15 is 0 Å². The Bertz CT molecular complexity index is 979. The molecule has 2 N–H and O–H groups in total. The third kappa shape index (κ3) is 4.42. The maximum atomic E-state index is 13.9. The highest BCUT2D eigenvalue weighted by atomic mass is 35.5. The van der Waals surface area contributed by atoms with E-state index in [0.717, 1.165) is 6.20 Å². The van der Waals surface area contributed by atoms with Crippen LogP contribution in [0.4, 0.5) is 23.2 Å². The topological polar surface area (TPSA) is 75.6 Å². The summed E-state index contributed by atoms with van der Waals surface area (Å²) in [4.78, 5) is 24.5. The lowest BCUT2D eigenvalue weighted by Crippen LogP contribution is -2.19. The lowest BCUT2D eigenvalue weighted by molar-refractivity contribution is -0.138. The lowest BCUT2D eigenvalue weighted by atomic mass is 10.0. The molecule has 5 nitrogen and oxygen atoms in total. The largest absolute Gasteiger partial charge is 0.506 e. The summed E-state index contributed by atoms with van der Waals surface area (Å²) in [6, 6.07) is 3.95. The number of ether oxygens (including phenoxy) is 1. The average molecular weight is 418 g/mol. The van der Waals surface area contributed by atoms with E-state index in [1.807, 2.05) is 0 Å². The van der Waals surface area contributed by atoms with E-state index in [-0.39, 0.29) is 29.1 Å². The number of esters is 1. The first-order chi connectivity index (χ1) is 13.2. The molecule has 0 amide bonds. The van der Waals surface area contributed by atoms with Crippen molar-refractivity contribution >= 4 is 29.0 Å². The SMILES string of the molecule is CCOC(=O)/C(=C\Nc1cc(Cl)ccc1O)C(=O)c1cc(F)c(F)c(F)c1F. The molecule has 0 fully saturated rings. The Morgan fingerprint density at radius 2 is 1.82 bits per heavy atom. The van der Waals surface area contributed by atoms with Crippen LogP contribution in [-0.4, -0.2) is 23.5 Å². The maximum absolute atomic E-state index is 13.9. The Morgan fingerprint density at radius 3 is 2.46 bits per heavy atom. The molecular weight excluding hydrogens is 406 g/mol. The summed E-state index contributed by atoms with van der Waals surface area (Å²) in [7, 11) is 0. The number of hydrogen-bond acceptors (Lipinski definition) is 5. The van der Waals surface area contributed by atoms with Crippen molar-refractivity contribution in [1.82, 2.24) is 0 Å². The monoisotopic (exact) mass is 417 g/mol. The van der Waals surface area contributed by atoms with Crippen LogP contribution in [-0.2, 0) is 9.53 Å². The number of Topliss-reactive ketones (excluding diaryl/α,β-unsaturated/α-hetero) is 1. The summed E-state index contributed by atoms with van der Waals surface area (Å²) in [5.74, 6) is -11.1. The zero-order chi connectivity index (χ0) is 21.0. The predicted molar refractivity (Wildman–Crippen MR) is 92.1 cm³/mol. The molecule has 0 aliphatic carbocycles. The van der Waals surface area contributed by atoms with Crippen molar-refractivity contribution < 1.29 is 37.0 Å². The van der Waals surface area contributed by atoms with Crippen LogP contribution in [0.3, 0.4) is 0 Å². The van der Waals surface area contributed by atoms with E-state index in [1.54, 1.807) is 0 Å². The molecule has 2 aromatic rings. The number of benzene rings is 2. The molecule has 0 heterocycles. The molecule has 0 spiro atoms. The van der Waals surface area contributed by atoms with Gasteiger partial charge in [0.2, 0.25) is 5.78 Å². The smallest absolute Gasteiger partial charge is 0.343 e. The molecule has 10 heteroatoms. The Morgan fingerprint density at radius 1 is 1.14 bits per heavy atom. The first-order valence-corrected chi connectivity index (χ1v) is 8.05. The fourth-order valence-electron chi connectivity index (χ4n) is 2.08. The second-order valence-corrected chi connectivity index (χ2v) is 5.70. The lowest BCUT2D eigenvalue weighted by Gasteiger charge is -2.10. The highest BCUT2D eigenvalue weighted by molar-refractivity contribution is 6.31. The van der Waals surface area contributed by atoms with Gasteiger partial charge in [0.15, 0.2) is 23.3 Å². The average Bonchev–Trinajstić information content (AvgIpc) is 2.65. The third-order valence-corrected chi connectivity index (χ3v) is 3.65. The molecule has 0 atom stereocenters. The van der Waals surface area contributed by atoms with Crippen molar-refractivity contribution in [3.63, 3.8) is 0 Å². The summed E-state index contributed by atoms with van der Waals surface area (Å²) in [5.41, 5.74) is -2.10. The van der Waals surface area contributed by atoms with Gasteiger partial charge in [0.05, 0.1) is 17.9 Å². The van der Waals surface area contributed by atoms with Gasteiger partial charge in [-0.3, -0.25) is 4.79 Å². The fourth-order valence-corrected chi connectivity index (χ4v) is 2.26. The number of anilines is 1. The fraction of sp³-hybridized carbons (Fsp3) is 0.111. The highest BCUT2D eigenvalue weighted by Crippen LogP contribution is 2.27. The summed E-state index contributed by atoms with van der Waals surface area (Å²) in [6.45, 7) is 1.26. The molecular formula is C18H12ClF4NO4. The molecule has 2 rings (SSSR count). The van der Waals surface area contributed by atoms with Crippen molar-refractivity contribution in [3.05, 3.63) is 69.9 Å². The van der Waals surface area contributed by atoms with E-state index in [4.69, 9.17) is 11.6 Å².